The highest BCUT2D eigenvalue weighted by atomic mass is 16.6. The van der Waals surface area contributed by atoms with Crippen LogP contribution in [-0.4, -0.2) is 37.4 Å². The molecule has 0 saturated heterocycles. The van der Waals surface area contributed by atoms with Crippen molar-refractivity contribution in [2.45, 2.75) is 59.1 Å². The molecule has 2 N–H and O–H groups in total. The highest BCUT2D eigenvalue weighted by Gasteiger charge is 2.21. The summed E-state index contributed by atoms with van der Waals surface area (Å²) in [6.45, 7) is 11.0. The van der Waals surface area contributed by atoms with Gasteiger partial charge in [-0.3, -0.25) is 4.79 Å². The molecule has 1 aliphatic rings. The van der Waals surface area contributed by atoms with E-state index in [0.717, 1.165) is 11.3 Å². The van der Waals surface area contributed by atoms with Crippen LogP contribution in [0.15, 0.2) is 18.2 Å². The Hall–Kier alpha value is -2.44. The number of rotatable bonds is 7. The van der Waals surface area contributed by atoms with Crippen LogP contribution in [0, 0.1) is 5.92 Å². The second-order valence-electron chi connectivity index (χ2n) is 8.22. The molecular weight excluding hydrogens is 360 g/mol. The molecular formula is C21H32N2O5. The molecule has 0 aliphatic carbocycles. The third-order valence-electron chi connectivity index (χ3n) is 4.16. The van der Waals surface area contributed by atoms with Gasteiger partial charge in [0.2, 0.25) is 5.91 Å². The third-order valence-corrected chi connectivity index (χ3v) is 4.16. The fourth-order valence-corrected chi connectivity index (χ4v) is 2.89. The van der Waals surface area contributed by atoms with Crippen molar-refractivity contribution in [2.24, 2.45) is 5.92 Å². The first-order chi connectivity index (χ1) is 13.2. The highest BCUT2D eigenvalue weighted by Crippen LogP contribution is 2.34. The van der Waals surface area contributed by atoms with E-state index in [-0.39, 0.29) is 17.9 Å². The number of fused-ring (bicyclic) bond motifs is 1. The van der Waals surface area contributed by atoms with Gasteiger partial charge in [0.15, 0.2) is 11.5 Å². The van der Waals surface area contributed by atoms with E-state index in [0.29, 0.717) is 38.3 Å². The Morgan fingerprint density at radius 2 is 1.82 bits per heavy atom. The fourth-order valence-electron chi connectivity index (χ4n) is 2.89. The minimum Gasteiger partial charge on any atom is -0.486 e. The molecule has 0 fully saturated rings. The van der Waals surface area contributed by atoms with Gasteiger partial charge in [0.25, 0.3) is 0 Å². The van der Waals surface area contributed by atoms with Gasteiger partial charge in [-0.05, 0) is 50.8 Å². The normalized spacial score (nSPS) is 14.4. The van der Waals surface area contributed by atoms with E-state index >= 15 is 0 Å². The van der Waals surface area contributed by atoms with Gasteiger partial charge in [-0.1, -0.05) is 19.9 Å². The van der Waals surface area contributed by atoms with Crippen LogP contribution < -0.4 is 20.1 Å². The molecule has 28 heavy (non-hydrogen) atoms. The molecule has 7 heteroatoms. The van der Waals surface area contributed by atoms with E-state index < -0.39 is 11.7 Å². The molecule has 156 valence electrons. The first-order valence-electron chi connectivity index (χ1n) is 9.81. The van der Waals surface area contributed by atoms with Gasteiger partial charge in [0.1, 0.15) is 18.8 Å². The minimum absolute atomic E-state index is 0.0559. The molecule has 0 unspecified atom stereocenters. The number of hydrogen-bond donors (Lipinski definition) is 2. The minimum atomic E-state index is -0.532. The molecule has 1 aliphatic heterocycles. The van der Waals surface area contributed by atoms with E-state index in [9.17, 15) is 9.59 Å². The first kappa shape index (κ1) is 21.9. The fraction of sp³-hybridized carbons (Fsp3) is 0.619. The van der Waals surface area contributed by atoms with Crippen molar-refractivity contribution in [3.63, 3.8) is 0 Å². The average molecular weight is 392 g/mol. The molecule has 1 aromatic carbocycles. The third kappa shape index (κ3) is 6.94. The number of alkyl carbamates (subject to hydrolysis) is 1. The van der Waals surface area contributed by atoms with Crippen LogP contribution in [0.2, 0.25) is 0 Å². The predicted octanol–water partition coefficient (Wildman–Crippen LogP) is 3.58. The molecule has 2 amide bonds. The van der Waals surface area contributed by atoms with Crippen molar-refractivity contribution in [2.75, 3.05) is 19.8 Å². The van der Waals surface area contributed by atoms with Gasteiger partial charge < -0.3 is 24.8 Å². The Morgan fingerprint density at radius 1 is 1.14 bits per heavy atom. The van der Waals surface area contributed by atoms with Gasteiger partial charge in [-0.2, -0.15) is 0 Å². The summed E-state index contributed by atoms with van der Waals surface area (Å²) in [5.41, 5.74) is 0.453. The largest absolute Gasteiger partial charge is 0.486 e. The monoisotopic (exact) mass is 392 g/mol. The molecule has 0 saturated carbocycles. The average Bonchev–Trinajstić information content (AvgIpc) is 2.61. The van der Waals surface area contributed by atoms with E-state index in [2.05, 4.69) is 24.5 Å². The Morgan fingerprint density at radius 3 is 2.46 bits per heavy atom. The lowest BCUT2D eigenvalue weighted by molar-refractivity contribution is -0.122. The highest BCUT2D eigenvalue weighted by molar-refractivity contribution is 5.76. The SMILES string of the molecule is CC(C)[C@H](NC(=O)CCCNC(=O)OC(C)(C)C)c1ccc2c(c1)OCCO2. The summed E-state index contributed by atoms with van der Waals surface area (Å²) in [5.74, 6) is 1.60. The summed E-state index contributed by atoms with van der Waals surface area (Å²) in [7, 11) is 0. The van der Waals surface area contributed by atoms with Crippen LogP contribution in [0.3, 0.4) is 0 Å². The number of carbonyl (C=O) groups is 2. The Bertz CT molecular complexity index is 682. The molecule has 2 rings (SSSR count). The second kappa shape index (κ2) is 9.66. The van der Waals surface area contributed by atoms with Crippen LogP contribution in [0.4, 0.5) is 4.79 Å². The Kier molecular flexibility index (Phi) is 7.54. The first-order valence-corrected chi connectivity index (χ1v) is 9.81. The summed E-state index contributed by atoms with van der Waals surface area (Å²) in [6, 6.07) is 5.66. The van der Waals surface area contributed by atoms with Gasteiger partial charge in [-0.25, -0.2) is 4.79 Å². The molecule has 1 aromatic rings. The number of ether oxygens (including phenoxy) is 3. The molecule has 7 nitrogen and oxygen atoms in total. The van der Waals surface area contributed by atoms with Crippen molar-refractivity contribution >= 4 is 12.0 Å². The lowest BCUT2D eigenvalue weighted by Gasteiger charge is -2.25. The molecule has 0 spiro atoms. The van der Waals surface area contributed by atoms with Gasteiger partial charge in [0, 0.05) is 13.0 Å². The van der Waals surface area contributed by atoms with Crippen molar-refractivity contribution in [1.82, 2.24) is 10.6 Å². The summed E-state index contributed by atoms with van der Waals surface area (Å²) < 4.78 is 16.4. The molecule has 1 atom stereocenters. The topological polar surface area (TPSA) is 85.9 Å². The zero-order valence-electron chi connectivity index (χ0n) is 17.5. The molecule has 1 heterocycles. The lowest BCUT2D eigenvalue weighted by atomic mass is 9.95. The molecule has 0 aromatic heterocycles. The van der Waals surface area contributed by atoms with Gasteiger partial charge in [0.05, 0.1) is 6.04 Å². The summed E-state index contributed by atoms with van der Waals surface area (Å²) >= 11 is 0. The zero-order valence-corrected chi connectivity index (χ0v) is 17.5. The summed E-state index contributed by atoms with van der Waals surface area (Å²) in [5, 5.41) is 5.75. The second-order valence-corrected chi connectivity index (χ2v) is 8.22. The maximum atomic E-state index is 12.4. The van der Waals surface area contributed by atoms with E-state index in [1.165, 1.54) is 0 Å². The van der Waals surface area contributed by atoms with Gasteiger partial charge >= 0.3 is 6.09 Å². The van der Waals surface area contributed by atoms with Crippen LogP contribution in [-0.2, 0) is 9.53 Å². The quantitative estimate of drug-likeness (QED) is 0.693. The molecule has 0 bridgehead atoms. The predicted molar refractivity (Wildman–Crippen MR) is 107 cm³/mol. The van der Waals surface area contributed by atoms with Crippen molar-refractivity contribution < 1.29 is 23.8 Å². The van der Waals surface area contributed by atoms with Crippen LogP contribution in [0.1, 0.15) is 59.1 Å². The standard InChI is InChI=1S/C21H32N2O5/c1-14(2)19(15-8-9-16-17(13-15)27-12-11-26-16)23-18(24)7-6-10-22-20(25)28-21(3,4)5/h8-9,13-14,19H,6-7,10-12H2,1-5H3,(H,22,25)(H,23,24)/t19-/m0/s1. The smallest absolute Gasteiger partial charge is 0.407 e. The van der Waals surface area contributed by atoms with E-state index in [1.807, 2.05) is 39.0 Å². The van der Waals surface area contributed by atoms with Gasteiger partial charge in [-0.15, -0.1) is 0 Å². The number of hydrogen-bond acceptors (Lipinski definition) is 5. The van der Waals surface area contributed by atoms with Crippen LogP contribution >= 0.6 is 0 Å². The van der Waals surface area contributed by atoms with Crippen molar-refractivity contribution in [3.8, 4) is 11.5 Å². The zero-order chi connectivity index (χ0) is 20.7. The molecule has 0 radical (unpaired) electrons. The Balaban J connectivity index is 1.84. The number of amides is 2. The summed E-state index contributed by atoms with van der Waals surface area (Å²) in [4.78, 5) is 24.0. The Labute approximate surface area is 167 Å². The number of carbonyl (C=O) groups excluding carboxylic acids is 2. The van der Waals surface area contributed by atoms with Crippen LogP contribution in [0.5, 0.6) is 11.5 Å². The maximum Gasteiger partial charge on any atom is 0.407 e. The number of benzene rings is 1. The van der Waals surface area contributed by atoms with E-state index in [1.54, 1.807) is 0 Å². The maximum absolute atomic E-state index is 12.4. The van der Waals surface area contributed by atoms with E-state index in [4.69, 9.17) is 14.2 Å². The van der Waals surface area contributed by atoms with Crippen molar-refractivity contribution in [3.05, 3.63) is 23.8 Å². The van der Waals surface area contributed by atoms with Crippen molar-refractivity contribution in [1.29, 1.82) is 0 Å². The number of nitrogens with one attached hydrogen (secondary N) is 2. The van der Waals surface area contributed by atoms with Crippen LogP contribution in [0.25, 0.3) is 0 Å². The lowest BCUT2D eigenvalue weighted by Crippen LogP contribution is -2.34. The summed E-state index contributed by atoms with van der Waals surface area (Å²) in [6.07, 6.45) is 0.393.